The van der Waals surface area contributed by atoms with E-state index in [0.29, 0.717) is 17.3 Å². The third-order valence-corrected chi connectivity index (χ3v) is 3.80. The van der Waals surface area contributed by atoms with Crippen LogP contribution in [0.1, 0.15) is 20.3 Å². The van der Waals surface area contributed by atoms with Crippen molar-refractivity contribution in [2.45, 2.75) is 32.9 Å². The van der Waals surface area contributed by atoms with Gasteiger partial charge < -0.3 is 14.8 Å². The fourth-order valence-corrected chi connectivity index (χ4v) is 2.50. The molecule has 0 aliphatic rings. The Balaban J connectivity index is 1.93. The molecule has 0 radical (unpaired) electrons. The number of ether oxygens (including phenoxy) is 2. The molecule has 28 heavy (non-hydrogen) atoms. The first-order valence-corrected chi connectivity index (χ1v) is 8.67. The first-order valence-electron chi connectivity index (χ1n) is 8.67. The van der Waals surface area contributed by atoms with E-state index < -0.39 is 42.6 Å². The highest BCUT2D eigenvalue weighted by atomic mass is 16.5. The molecule has 0 saturated heterocycles. The molecule has 1 aromatic heterocycles. The number of hydrogen-bond acceptors (Lipinski definition) is 8. The molecule has 10 nitrogen and oxygen atoms in total. The molecule has 1 atom stereocenters. The lowest BCUT2D eigenvalue weighted by Crippen LogP contribution is -2.44. The number of nitrogens with zero attached hydrogens (tertiary/aromatic N) is 3. The molecular formula is C18H22N4O6. The SMILES string of the molecule is COC(=O)C(CC(C)C)NC(=O)COC(=O)Cn1nnc2ccccc2c1=O. The summed E-state index contributed by atoms with van der Waals surface area (Å²) in [6, 6.07) is 5.77. The van der Waals surface area contributed by atoms with Crippen LogP contribution in [-0.4, -0.2) is 52.6 Å². The van der Waals surface area contributed by atoms with Crippen molar-refractivity contribution in [3.05, 3.63) is 34.6 Å². The van der Waals surface area contributed by atoms with E-state index in [1.165, 1.54) is 7.11 Å². The van der Waals surface area contributed by atoms with Crippen LogP contribution < -0.4 is 10.9 Å². The lowest BCUT2D eigenvalue weighted by atomic mass is 10.0. The fraction of sp³-hybridized carbons (Fsp3) is 0.444. The van der Waals surface area contributed by atoms with Crippen LogP contribution in [-0.2, 0) is 30.4 Å². The molecule has 0 aliphatic carbocycles. The van der Waals surface area contributed by atoms with Crippen molar-refractivity contribution in [2.24, 2.45) is 5.92 Å². The van der Waals surface area contributed by atoms with Crippen molar-refractivity contribution in [2.75, 3.05) is 13.7 Å². The molecule has 0 fully saturated rings. The van der Waals surface area contributed by atoms with Crippen LogP contribution in [0.25, 0.3) is 10.9 Å². The Labute approximate surface area is 160 Å². The maximum Gasteiger partial charge on any atom is 0.328 e. The van der Waals surface area contributed by atoms with E-state index in [2.05, 4.69) is 20.4 Å². The summed E-state index contributed by atoms with van der Waals surface area (Å²) >= 11 is 0. The van der Waals surface area contributed by atoms with Gasteiger partial charge in [0.05, 0.1) is 12.5 Å². The van der Waals surface area contributed by atoms with Gasteiger partial charge in [-0.2, -0.15) is 4.68 Å². The standard InChI is InChI=1S/C18H22N4O6/c1-11(2)8-14(18(26)27-3)19-15(23)10-28-16(24)9-22-17(25)12-6-4-5-7-13(12)20-21-22/h4-7,11,14H,8-10H2,1-3H3,(H,19,23). The Morgan fingerprint density at radius 2 is 1.93 bits per heavy atom. The number of nitrogens with one attached hydrogen (secondary N) is 1. The zero-order chi connectivity index (χ0) is 20.7. The third kappa shape index (κ3) is 5.60. The Kier molecular flexibility index (Phi) is 7.19. The molecule has 0 bridgehead atoms. The predicted octanol–water partition coefficient (Wildman–Crippen LogP) is 0.0386. The van der Waals surface area contributed by atoms with Gasteiger partial charge in [0.1, 0.15) is 18.1 Å². The van der Waals surface area contributed by atoms with Crippen LogP contribution in [0.3, 0.4) is 0 Å². The van der Waals surface area contributed by atoms with E-state index in [1.54, 1.807) is 24.3 Å². The van der Waals surface area contributed by atoms with Gasteiger partial charge in [-0.25, -0.2) is 4.79 Å². The van der Waals surface area contributed by atoms with Gasteiger partial charge >= 0.3 is 11.9 Å². The topological polar surface area (TPSA) is 129 Å². The highest BCUT2D eigenvalue weighted by Gasteiger charge is 2.23. The second-order valence-electron chi connectivity index (χ2n) is 6.50. The quantitative estimate of drug-likeness (QED) is 0.626. The number of hydrogen-bond donors (Lipinski definition) is 1. The van der Waals surface area contributed by atoms with Gasteiger partial charge in [-0.15, -0.1) is 5.10 Å². The number of amides is 1. The zero-order valence-electron chi connectivity index (χ0n) is 15.9. The monoisotopic (exact) mass is 390 g/mol. The molecule has 0 saturated carbocycles. The van der Waals surface area contributed by atoms with Gasteiger partial charge in [0.25, 0.3) is 11.5 Å². The van der Waals surface area contributed by atoms with Gasteiger partial charge in [-0.05, 0) is 24.5 Å². The fourth-order valence-electron chi connectivity index (χ4n) is 2.50. The molecule has 1 unspecified atom stereocenters. The minimum atomic E-state index is -0.833. The second-order valence-corrected chi connectivity index (χ2v) is 6.50. The number of carbonyl (C=O) groups is 3. The Morgan fingerprint density at radius 1 is 1.21 bits per heavy atom. The maximum absolute atomic E-state index is 12.3. The van der Waals surface area contributed by atoms with Crippen molar-refractivity contribution in [1.29, 1.82) is 0 Å². The summed E-state index contributed by atoms with van der Waals surface area (Å²) in [6.45, 7) is 2.70. The van der Waals surface area contributed by atoms with Crippen LogP contribution in [0.4, 0.5) is 0 Å². The largest absolute Gasteiger partial charge is 0.467 e. The van der Waals surface area contributed by atoms with Crippen LogP contribution in [0.2, 0.25) is 0 Å². The first kappa shape index (κ1) is 21.0. The molecule has 1 heterocycles. The molecular weight excluding hydrogens is 368 g/mol. The number of aromatic nitrogens is 3. The maximum atomic E-state index is 12.3. The highest BCUT2D eigenvalue weighted by molar-refractivity contribution is 5.86. The molecule has 1 amide bonds. The summed E-state index contributed by atoms with van der Waals surface area (Å²) in [4.78, 5) is 47.9. The summed E-state index contributed by atoms with van der Waals surface area (Å²) in [7, 11) is 1.23. The first-order chi connectivity index (χ1) is 13.3. The van der Waals surface area contributed by atoms with Crippen LogP contribution in [0.5, 0.6) is 0 Å². The molecule has 0 aliphatic heterocycles. The Morgan fingerprint density at radius 3 is 2.61 bits per heavy atom. The summed E-state index contributed by atoms with van der Waals surface area (Å²) in [5.41, 5.74) is -0.0785. The van der Waals surface area contributed by atoms with E-state index in [0.717, 1.165) is 4.68 Å². The van der Waals surface area contributed by atoms with Gasteiger partial charge in [-0.3, -0.25) is 14.4 Å². The van der Waals surface area contributed by atoms with E-state index >= 15 is 0 Å². The molecule has 1 N–H and O–H groups in total. The molecule has 2 aromatic rings. The third-order valence-electron chi connectivity index (χ3n) is 3.80. The molecule has 10 heteroatoms. The minimum absolute atomic E-state index is 0.144. The van der Waals surface area contributed by atoms with Crippen molar-refractivity contribution >= 4 is 28.7 Å². The summed E-state index contributed by atoms with van der Waals surface area (Å²) in [5.74, 6) is -1.92. The van der Waals surface area contributed by atoms with Crippen LogP contribution in [0, 0.1) is 5.92 Å². The summed E-state index contributed by atoms with van der Waals surface area (Å²) in [5, 5.41) is 10.3. The number of fused-ring (bicyclic) bond motifs is 1. The molecule has 2 rings (SSSR count). The average Bonchev–Trinajstić information content (AvgIpc) is 2.67. The smallest absolute Gasteiger partial charge is 0.328 e. The number of methoxy groups -OCH3 is 1. The van der Waals surface area contributed by atoms with E-state index in [9.17, 15) is 19.2 Å². The van der Waals surface area contributed by atoms with Gasteiger partial charge in [0.15, 0.2) is 6.61 Å². The lowest BCUT2D eigenvalue weighted by molar-refractivity contribution is -0.151. The normalized spacial score (nSPS) is 11.9. The van der Waals surface area contributed by atoms with Crippen molar-refractivity contribution in [3.8, 4) is 0 Å². The summed E-state index contributed by atoms with van der Waals surface area (Å²) < 4.78 is 10.4. The highest BCUT2D eigenvalue weighted by Crippen LogP contribution is 2.06. The number of rotatable bonds is 8. The van der Waals surface area contributed by atoms with E-state index in [1.807, 2.05) is 13.8 Å². The van der Waals surface area contributed by atoms with E-state index in [-0.39, 0.29) is 5.92 Å². The molecule has 1 aromatic carbocycles. The van der Waals surface area contributed by atoms with Gasteiger partial charge in [-0.1, -0.05) is 31.2 Å². The van der Waals surface area contributed by atoms with Crippen molar-refractivity contribution in [3.63, 3.8) is 0 Å². The zero-order valence-corrected chi connectivity index (χ0v) is 15.9. The number of esters is 2. The van der Waals surface area contributed by atoms with Gasteiger partial charge in [0.2, 0.25) is 0 Å². The van der Waals surface area contributed by atoms with Crippen LogP contribution >= 0.6 is 0 Å². The predicted molar refractivity (Wildman–Crippen MR) is 98.2 cm³/mol. The minimum Gasteiger partial charge on any atom is -0.467 e. The Hall–Kier alpha value is -3.30. The second kappa shape index (κ2) is 9.58. The van der Waals surface area contributed by atoms with Crippen LogP contribution in [0.15, 0.2) is 29.1 Å². The average molecular weight is 390 g/mol. The molecule has 0 spiro atoms. The Bertz CT molecular complexity index is 924. The number of carbonyl (C=O) groups excluding carboxylic acids is 3. The lowest BCUT2D eigenvalue weighted by Gasteiger charge is -2.18. The summed E-state index contributed by atoms with van der Waals surface area (Å²) in [6.07, 6.45) is 0.383. The van der Waals surface area contributed by atoms with Crippen molar-refractivity contribution < 1.29 is 23.9 Å². The van der Waals surface area contributed by atoms with Crippen molar-refractivity contribution in [1.82, 2.24) is 20.3 Å². The molecule has 150 valence electrons. The van der Waals surface area contributed by atoms with Gasteiger partial charge in [0, 0.05) is 0 Å². The number of benzene rings is 1. The van der Waals surface area contributed by atoms with E-state index in [4.69, 9.17) is 4.74 Å².